The topological polar surface area (TPSA) is 12.0 Å². The Balaban J connectivity index is 2.58. The van der Waals surface area contributed by atoms with Gasteiger partial charge in [0.25, 0.3) is 0 Å². The van der Waals surface area contributed by atoms with Crippen LogP contribution in [0.25, 0.3) is 0 Å². The fourth-order valence-corrected chi connectivity index (χ4v) is 0.939. The summed E-state index contributed by atoms with van der Waals surface area (Å²) in [7, 11) is 0. The molecule has 57 valence electrons. The van der Waals surface area contributed by atoms with Gasteiger partial charge in [0.05, 0.1) is 0 Å². The monoisotopic (exact) mass is 184 g/mol. The lowest BCUT2D eigenvalue weighted by Crippen LogP contribution is -2.07. The lowest BCUT2D eigenvalue weighted by atomic mass is 10.2. The molecule has 0 aliphatic carbocycles. The van der Waals surface area contributed by atoms with Crippen molar-refractivity contribution in [3.63, 3.8) is 0 Å². The third kappa shape index (κ3) is 2.87. The highest BCUT2D eigenvalue weighted by Crippen LogP contribution is 2.08. The van der Waals surface area contributed by atoms with Gasteiger partial charge in [-0.1, -0.05) is 36.0 Å². The highest BCUT2D eigenvalue weighted by Gasteiger charge is 1.89. The van der Waals surface area contributed by atoms with Crippen molar-refractivity contribution < 1.29 is 0 Å². The van der Waals surface area contributed by atoms with Crippen molar-refractivity contribution in [3.8, 4) is 0 Å². The molecule has 0 amide bonds. The highest BCUT2D eigenvalue weighted by molar-refractivity contribution is 7.78. The summed E-state index contributed by atoms with van der Waals surface area (Å²) in [4.78, 5) is 0. The maximum atomic E-state index is 5.69. The summed E-state index contributed by atoms with van der Waals surface area (Å²) in [6.07, 6.45) is 0. The maximum Gasteiger partial charge on any atom is 0.134 e. The molecule has 0 aliphatic heterocycles. The molecule has 1 nitrogen and oxygen atoms in total. The standard InChI is InChI=1S/C8H7ClNS/c9-8-3-1-7(2-4-8)5-10-6-11/h1-4H,5H2,(H,10,11). The minimum atomic E-state index is 0.709. The summed E-state index contributed by atoms with van der Waals surface area (Å²) in [5.74, 6) is 0. The van der Waals surface area contributed by atoms with E-state index in [0.717, 1.165) is 10.6 Å². The zero-order chi connectivity index (χ0) is 8.10. The average Bonchev–Trinajstić information content (AvgIpc) is 2.04. The Morgan fingerprint density at radius 1 is 1.36 bits per heavy atom. The molecule has 1 rings (SSSR count). The van der Waals surface area contributed by atoms with Gasteiger partial charge in [0.1, 0.15) is 5.49 Å². The second kappa shape index (κ2) is 4.31. The summed E-state index contributed by atoms with van der Waals surface area (Å²) in [5.41, 5.74) is 3.58. The molecule has 1 aromatic rings. The number of thiocarbonyl (C=S) groups is 1. The molecule has 11 heavy (non-hydrogen) atoms. The summed E-state index contributed by atoms with van der Waals surface area (Å²) >= 11 is 10.2. The van der Waals surface area contributed by atoms with E-state index in [1.165, 1.54) is 0 Å². The van der Waals surface area contributed by atoms with Crippen molar-refractivity contribution >= 4 is 29.3 Å². The van der Waals surface area contributed by atoms with Crippen LogP contribution in [0.5, 0.6) is 0 Å². The van der Waals surface area contributed by atoms with Crippen LogP contribution in [0.4, 0.5) is 0 Å². The van der Waals surface area contributed by atoms with Gasteiger partial charge in [-0.3, -0.25) is 0 Å². The summed E-state index contributed by atoms with van der Waals surface area (Å²) < 4.78 is 0. The van der Waals surface area contributed by atoms with Crippen LogP contribution in [0.3, 0.4) is 0 Å². The van der Waals surface area contributed by atoms with Crippen molar-refractivity contribution in [2.45, 2.75) is 6.54 Å². The number of nitrogens with one attached hydrogen (secondary N) is 1. The second-order valence-electron chi connectivity index (χ2n) is 2.08. The van der Waals surface area contributed by atoms with Crippen LogP contribution in [0.1, 0.15) is 5.56 Å². The highest BCUT2D eigenvalue weighted by atomic mass is 35.5. The first-order chi connectivity index (χ1) is 5.33. The minimum absolute atomic E-state index is 0.709. The Labute approximate surface area is 76.4 Å². The van der Waals surface area contributed by atoms with E-state index >= 15 is 0 Å². The summed E-state index contributed by atoms with van der Waals surface area (Å²) in [5, 5.41) is 3.56. The largest absolute Gasteiger partial charge is 0.370 e. The molecule has 0 aromatic heterocycles. The van der Waals surface area contributed by atoms with Crippen LogP contribution >= 0.6 is 23.8 Å². The Hall–Kier alpha value is -0.600. The Morgan fingerprint density at radius 2 is 2.00 bits per heavy atom. The van der Waals surface area contributed by atoms with Gasteiger partial charge in [-0.15, -0.1) is 0 Å². The number of hydrogen-bond donors (Lipinski definition) is 1. The first kappa shape index (κ1) is 8.50. The third-order valence-electron chi connectivity index (χ3n) is 1.28. The molecule has 0 fully saturated rings. The van der Waals surface area contributed by atoms with E-state index in [4.69, 9.17) is 11.6 Å². The molecular formula is C8H7ClNS. The summed E-state index contributed by atoms with van der Waals surface area (Å²) in [6, 6.07) is 7.59. The Kier molecular flexibility index (Phi) is 3.33. The number of hydrogen-bond acceptors (Lipinski definition) is 1. The zero-order valence-electron chi connectivity index (χ0n) is 5.80. The van der Waals surface area contributed by atoms with E-state index < -0.39 is 0 Å². The molecular weight excluding hydrogens is 178 g/mol. The Morgan fingerprint density at radius 3 is 2.55 bits per heavy atom. The van der Waals surface area contributed by atoms with Gasteiger partial charge in [-0.2, -0.15) is 0 Å². The molecule has 0 heterocycles. The number of rotatable bonds is 3. The molecule has 1 N–H and O–H groups in total. The van der Waals surface area contributed by atoms with Crippen LogP contribution < -0.4 is 5.32 Å². The molecule has 0 spiro atoms. The SMILES string of the molecule is S=[C]NCc1ccc(Cl)cc1. The maximum absolute atomic E-state index is 5.69. The Bertz CT molecular complexity index is 232. The summed E-state index contributed by atoms with van der Waals surface area (Å²) in [6.45, 7) is 0.709. The number of benzene rings is 1. The predicted molar refractivity (Wildman–Crippen MR) is 50.9 cm³/mol. The molecule has 3 heteroatoms. The van der Waals surface area contributed by atoms with E-state index in [0.29, 0.717) is 6.54 Å². The van der Waals surface area contributed by atoms with Gasteiger partial charge >= 0.3 is 0 Å². The van der Waals surface area contributed by atoms with E-state index in [1.54, 1.807) is 0 Å². The smallest absolute Gasteiger partial charge is 0.134 e. The average molecular weight is 185 g/mol. The molecule has 0 saturated carbocycles. The van der Waals surface area contributed by atoms with Crippen molar-refractivity contribution in [3.05, 3.63) is 34.9 Å². The molecule has 1 aromatic carbocycles. The lowest BCUT2D eigenvalue weighted by molar-refractivity contribution is 0.944. The molecule has 1 radical (unpaired) electrons. The van der Waals surface area contributed by atoms with Crippen LogP contribution in [-0.2, 0) is 6.54 Å². The predicted octanol–water partition coefficient (Wildman–Crippen LogP) is 2.26. The van der Waals surface area contributed by atoms with Gasteiger partial charge < -0.3 is 5.32 Å². The van der Waals surface area contributed by atoms with Crippen LogP contribution in [-0.4, -0.2) is 5.49 Å². The van der Waals surface area contributed by atoms with Crippen LogP contribution in [0.2, 0.25) is 5.02 Å². The minimum Gasteiger partial charge on any atom is -0.370 e. The van der Waals surface area contributed by atoms with Gasteiger partial charge in [0.15, 0.2) is 0 Å². The van der Waals surface area contributed by atoms with Crippen molar-refractivity contribution in [1.29, 1.82) is 0 Å². The van der Waals surface area contributed by atoms with Gasteiger partial charge in [-0.05, 0) is 17.7 Å². The second-order valence-corrected chi connectivity index (χ2v) is 2.72. The molecule has 0 unspecified atom stereocenters. The van der Waals surface area contributed by atoms with E-state index in [-0.39, 0.29) is 0 Å². The lowest BCUT2D eigenvalue weighted by Gasteiger charge is -1.98. The normalized spacial score (nSPS) is 9.18. The fraction of sp³-hybridized carbons (Fsp3) is 0.125. The van der Waals surface area contributed by atoms with E-state index in [1.807, 2.05) is 24.3 Å². The first-order valence-corrected chi connectivity index (χ1v) is 3.96. The fourth-order valence-electron chi connectivity index (χ4n) is 0.740. The van der Waals surface area contributed by atoms with Gasteiger partial charge in [0.2, 0.25) is 0 Å². The first-order valence-electron chi connectivity index (χ1n) is 3.17. The van der Waals surface area contributed by atoms with Crippen LogP contribution in [0, 0.1) is 0 Å². The molecule has 0 saturated heterocycles. The van der Waals surface area contributed by atoms with Crippen molar-refractivity contribution in [1.82, 2.24) is 5.32 Å². The molecule has 0 aliphatic rings. The quantitative estimate of drug-likeness (QED) is 0.572. The third-order valence-corrected chi connectivity index (χ3v) is 1.67. The molecule has 0 atom stereocenters. The molecule has 0 bridgehead atoms. The number of halogens is 1. The van der Waals surface area contributed by atoms with Crippen molar-refractivity contribution in [2.24, 2.45) is 0 Å². The van der Waals surface area contributed by atoms with Crippen molar-refractivity contribution in [2.75, 3.05) is 0 Å². The van der Waals surface area contributed by atoms with Crippen LogP contribution in [0.15, 0.2) is 24.3 Å². The zero-order valence-corrected chi connectivity index (χ0v) is 7.38. The van der Waals surface area contributed by atoms with Gasteiger partial charge in [0, 0.05) is 11.6 Å². The van der Waals surface area contributed by atoms with E-state index in [9.17, 15) is 0 Å². The van der Waals surface area contributed by atoms with E-state index in [2.05, 4.69) is 23.0 Å². The van der Waals surface area contributed by atoms with Gasteiger partial charge in [-0.25, -0.2) is 0 Å².